The molecule has 0 saturated carbocycles. The first-order valence-electron chi connectivity index (χ1n) is 22.2. The Morgan fingerprint density at radius 2 is 0.982 bits per heavy atom. The van der Waals surface area contributed by atoms with E-state index in [0.29, 0.717) is 13.0 Å². The minimum absolute atomic E-state index is 0.00607. The second-order valence-electron chi connectivity index (χ2n) is 14.8. The van der Waals surface area contributed by atoms with Gasteiger partial charge in [-0.25, -0.2) is 4.57 Å². The highest BCUT2D eigenvalue weighted by Gasteiger charge is 2.27. The van der Waals surface area contributed by atoms with Crippen molar-refractivity contribution in [3.8, 4) is 0 Å². The second-order valence-corrected chi connectivity index (χ2v) is 16.3. The fourth-order valence-corrected chi connectivity index (χ4v) is 6.62. The van der Waals surface area contributed by atoms with Crippen LogP contribution < -0.4 is 5.73 Å². The molecule has 0 radical (unpaired) electrons. The molecule has 3 atom stereocenters. The van der Waals surface area contributed by atoms with Gasteiger partial charge in [0, 0.05) is 13.0 Å². The number of hydrogen-bond donors (Lipinski definition) is 3. The lowest BCUT2D eigenvalue weighted by molar-refractivity contribution is -0.154. The topological polar surface area (TPSA) is 155 Å². The van der Waals surface area contributed by atoms with Crippen LogP contribution >= 0.6 is 7.82 Å². The highest BCUT2D eigenvalue weighted by molar-refractivity contribution is 7.47. The van der Waals surface area contributed by atoms with Crippen LogP contribution in [0.5, 0.6) is 0 Å². The van der Waals surface area contributed by atoms with Crippen molar-refractivity contribution in [2.24, 2.45) is 5.73 Å². The number of hydrogen-bond acceptors (Lipinski definition) is 8. The molecule has 0 aliphatic heterocycles. The first-order chi connectivity index (χ1) is 27.2. The predicted molar refractivity (Wildman–Crippen MR) is 231 cm³/mol. The number of carboxylic acid groups (broad SMARTS) is 1. The van der Waals surface area contributed by atoms with Gasteiger partial charge in [0.2, 0.25) is 0 Å². The summed E-state index contributed by atoms with van der Waals surface area (Å²) in [6, 6.07) is -1.48. The quantitative estimate of drug-likeness (QED) is 0.0235. The molecule has 0 rings (SSSR count). The van der Waals surface area contributed by atoms with Gasteiger partial charge in [-0.15, -0.1) is 0 Å². The van der Waals surface area contributed by atoms with Gasteiger partial charge in [0.15, 0.2) is 0 Å². The van der Waals surface area contributed by atoms with E-state index in [0.717, 1.165) is 70.6 Å². The number of rotatable bonds is 42. The molecule has 10 nitrogen and oxygen atoms in total. The van der Waals surface area contributed by atoms with Gasteiger partial charge in [0.1, 0.15) is 12.1 Å². The van der Waals surface area contributed by atoms with E-state index >= 15 is 0 Å². The van der Waals surface area contributed by atoms with Crippen LogP contribution in [-0.2, 0) is 32.7 Å². The number of nitrogens with two attached hydrogens (primary N) is 1. The van der Waals surface area contributed by atoms with Crippen LogP contribution in [0.4, 0.5) is 0 Å². The smallest absolute Gasteiger partial charge is 0.472 e. The summed E-state index contributed by atoms with van der Waals surface area (Å²) >= 11 is 0. The fraction of sp³-hybridized carbons (Fsp3) is 0.778. The minimum atomic E-state index is -4.62. The third-order valence-corrected chi connectivity index (χ3v) is 10.3. The van der Waals surface area contributed by atoms with Gasteiger partial charge in [0.05, 0.1) is 19.8 Å². The number of ether oxygens (including phenoxy) is 2. The summed E-state index contributed by atoms with van der Waals surface area (Å²) in [5.74, 6) is -1.79. The third-order valence-electron chi connectivity index (χ3n) is 9.33. The monoisotopic (exact) mass is 812 g/mol. The van der Waals surface area contributed by atoms with E-state index in [1.54, 1.807) is 0 Å². The number of allylic oxidation sites excluding steroid dienone is 8. The van der Waals surface area contributed by atoms with Crippen LogP contribution in [0.25, 0.3) is 0 Å². The number of carbonyl (C=O) groups is 2. The minimum Gasteiger partial charge on any atom is -0.480 e. The summed E-state index contributed by atoms with van der Waals surface area (Å²) in [4.78, 5) is 33.5. The van der Waals surface area contributed by atoms with Gasteiger partial charge >= 0.3 is 19.8 Å². The normalized spacial score (nSPS) is 14.4. The molecule has 56 heavy (non-hydrogen) atoms. The number of carboxylic acids is 1. The molecule has 0 amide bonds. The van der Waals surface area contributed by atoms with Crippen molar-refractivity contribution >= 4 is 19.8 Å². The molecule has 0 heterocycles. The number of aliphatic carboxylic acids is 1. The van der Waals surface area contributed by atoms with Gasteiger partial charge in [-0.05, 0) is 77.0 Å². The zero-order valence-electron chi connectivity index (χ0n) is 35.5. The molecule has 0 aromatic heterocycles. The Bertz CT molecular complexity index is 1080. The Labute approximate surface area is 341 Å². The molecule has 0 saturated heterocycles. The second kappa shape index (κ2) is 41.1. The van der Waals surface area contributed by atoms with Crippen LogP contribution in [0.1, 0.15) is 187 Å². The maximum absolute atomic E-state index is 12.6. The Morgan fingerprint density at radius 3 is 1.52 bits per heavy atom. The molecular weight excluding hydrogens is 729 g/mol. The summed E-state index contributed by atoms with van der Waals surface area (Å²) in [7, 11) is -4.62. The number of unbranched alkanes of at least 4 members (excludes halogenated alkanes) is 20. The van der Waals surface area contributed by atoms with Crippen LogP contribution in [-0.4, -0.2) is 60.5 Å². The van der Waals surface area contributed by atoms with Crippen molar-refractivity contribution < 1.29 is 42.7 Å². The summed E-state index contributed by atoms with van der Waals surface area (Å²) in [6.45, 7) is 3.81. The van der Waals surface area contributed by atoms with Crippen molar-refractivity contribution in [1.82, 2.24) is 0 Å². The van der Waals surface area contributed by atoms with Crippen LogP contribution in [0, 0.1) is 0 Å². The molecule has 326 valence electrons. The first kappa shape index (κ1) is 53.9. The van der Waals surface area contributed by atoms with Crippen molar-refractivity contribution in [3.05, 3.63) is 48.6 Å². The number of esters is 1. The Morgan fingerprint density at radius 1 is 0.571 bits per heavy atom. The molecule has 0 aromatic carbocycles. The van der Waals surface area contributed by atoms with Crippen molar-refractivity contribution in [3.63, 3.8) is 0 Å². The van der Waals surface area contributed by atoms with E-state index in [9.17, 15) is 19.0 Å². The first-order valence-corrected chi connectivity index (χ1v) is 23.7. The van der Waals surface area contributed by atoms with E-state index in [1.807, 2.05) is 0 Å². The number of carbonyl (C=O) groups excluding carboxylic acids is 1. The molecule has 0 aliphatic rings. The molecule has 0 fully saturated rings. The van der Waals surface area contributed by atoms with E-state index in [4.69, 9.17) is 29.4 Å². The van der Waals surface area contributed by atoms with Gasteiger partial charge in [-0.2, -0.15) is 0 Å². The van der Waals surface area contributed by atoms with Crippen LogP contribution in [0.2, 0.25) is 0 Å². The summed E-state index contributed by atoms with van der Waals surface area (Å²) in [6.07, 6.45) is 47.3. The SMILES string of the molecule is CCCCC/C=C\C/C=C\C/C=C\CCCCCCCCCOCC(COP(=O)(O)OCC(N)C(=O)O)OC(=O)CCCCCCC/C=C\CCCCCCC. The van der Waals surface area contributed by atoms with Gasteiger partial charge < -0.3 is 25.2 Å². The van der Waals surface area contributed by atoms with Crippen molar-refractivity contribution in [1.29, 1.82) is 0 Å². The molecule has 0 bridgehead atoms. The standard InChI is InChI=1S/C45H82NO9P/c1-3-5-7-9-11-13-15-17-19-20-21-22-23-24-26-28-30-32-34-36-38-52-39-42(40-53-56(50,51)54-41-43(46)45(48)49)55-44(47)37-35-33-31-29-27-25-18-16-14-12-10-8-6-4-2/h11,13,16-19,21-22,42-43H,3-10,12,14-15,20,23-41,46H2,1-2H3,(H,48,49)(H,50,51)/b13-11-,18-16-,19-17-,22-21-. The van der Waals surface area contributed by atoms with Gasteiger partial charge in [-0.3, -0.25) is 18.6 Å². The number of phosphoric ester groups is 1. The molecular formula is C45H82NO9P. The van der Waals surface area contributed by atoms with Crippen molar-refractivity contribution in [2.75, 3.05) is 26.4 Å². The predicted octanol–water partition coefficient (Wildman–Crippen LogP) is 12.3. The van der Waals surface area contributed by atoms with Gasteiger partial charge in [0.25, 0.3) is 0 Å². The Hall–Kier alpha value is -2.07. The lowest BCUT2D eigenvalue weighted by atomic mass is 10.1. The molecule has 4 N–H and O–H groups in total. The average molecular weight is 812 g/mol. The highest BCUT2D eigenvalue weighted by Crippen LogP contribution is 2.43. The lowest BCUT2D eigenvalue weighted by Gasteiger charge is -2.20. The average Bonchev–Trinajstić information content (AvgIpc) is 3.18. The summed E-state index contributed by atoms with van der Waals surface area (Å²) < 4.78 is 33.3. The maximum atomic E-state index is 12.6. The Balaban J connectivity index is 4.25. The van der Waals surface area contributed by atoms with Crippen LogP contribution in [0.3, 0.4) is 0 Å². The zero-order chi connectivity index (χ0) is 41.2. The molecule has 0 aliphatic carbocycles. The Kier molecular flexibility index (Phi) is 39.6. The van der Waals surface area contributed by atoms with Gasteiger partial charge in [-0.1, -0.05) is 152 Å². The maximum Gasteiger partial charge on any atom is 0.472 e. The largest absolute Gasteiger partial charge is 0.480 e. The lowest BCUT2D eigenvalue weighted by Crippen LogP contribution is -2.34. The highest BCUT2D eigenvalue weighted by atomic mass is 31.2. The van der Waals surface area contributed by atoms with E-state index in [-0.39, 0.29) is 13.0 Å². The van der Waals surface area contributed by atoms with E-state index < -0.39 is 45.1 Å². The van der Waals surface area contributed by atoms with Crippen LogP contribution in [0.15, 0.2) is 48.6 Å². The van der Waals surface area contributed by atoms with Crippen molar-refractivity contribution in [2.45, 2.75) is 199 Å². The fourth-order valence-electron chi connectivity index (χ4n) is 5.84. The molecule has 11 heteroatoms. The summed E-state index contributed by atoms with van der Waals surface area (Å²) in [5, 5.41) is 8.89. The zero-order valence-corrected chi connectivity index (χ0v) is 36.4. The summed E-state index contributed by atoms with van der Waals surface area (Å²) in [5.41, 5.74) is 5.35. The van der Waals surface area contributed by atoms with E-state index in [2.05, 4.69) is 62.5 Å². The molecule has 0 spiro atoms. The molecule has 3 unspecified atom stereocenters. The van der Waals surface area contributed by atoms with E-state index in [1.165, 1.54) is 89.9 Å². The number of phosphoric acid groups is 1. The third kappa shape index (κ3) is 40.1. The molecule has 0 aromatic rings.